The maximum Gasteiger partial charge on any atom is 0.236 e. The van der Waals surface area contributed by atoms with Gasteiger partial charge >= 0.3 is 0 Å². The van der Waals surface area contributed by atoms with E-state index in [1.54, 1.807) is 12.6 Å². The Labute approximate surface area is 144 Å². The van der Waals surface area contributed by atoms with Gasteiger partial charge in [-0.3, -0.25) is 4.79 Å². The topological polar surface area (TPSA) is 95.9 Å². The molecule has 0 aliphatic carbocycles. The first-order valence-electron chi connectivity index (χ1n) is 7.97. The maximum absolute atomic E-state index is 12.1. The molecule has 0 bridgehead atoms. The van der Waals surface area contributed by atoms with Crippen LogP contribution in [0, 0.1) is 6.92 Å². The van der Waals surface area contributed by atoms with Gasteiger partial charge in [0.05, 0.1) is 6.54 Å². The lowest BCUT2D eigenvalue weighted by Gasteiger charge is -2.32. The van der Waals surface area contributed by atoms with Gasteiger partial charge in [0.15, 0.2) is 0 Å². The lowest BCUT2D eigenvalue weighted by atomic mass is 9.97. The van der Waals surface area contributed by atoms with Crippen LogP contribution in [0.1, 0.15) is 30.3 Å². The van der Waals surface area contributed by atoms with E-state index in [0.717, 1.165) is 30.9 Å². The van der Waals surface area contributed by atoms with E-state index in [2.05, 4.69) is 30.8 Å². The standard InChI is InChI=1S/C15H21N7OS/c1-10-6-12(20-15-21-17-9-24-15)19-14(18-10)11-4-3-5-22(8-11)13(23)7-16-2/h6,9,11,16H,3-5,7-8H2,1-2H3,(H,18,19,20,21)/t11-/m1/s1. The molecule has 0 unspecified atom stereocenters. The van der Waals surface area contributed by atoms with E-state index in [4.69, 9.17) is 0 Å². The van der Waals surface area contributed by atoms with E-state index in [9.17, 15) is 4.79 Å². The normalized spacial score (nSPS) is 17.8. The van der Waals surface area contributed by atoms with Crippen LogP contribution in [-0.4, -0.2) is 57.7 Å². The summed E-state index contributed by atoms with van der Waals surface area (Å²) in [5, 5.41) is 14.6. The van der Waals surface area contributed by atoms with Gasteiger partial charge in [-0.05, 0) is 26.8 Å². The predicted octanol–water partition coefficient (Wildman–Crippen LogP) is 1.31. The zero-order valence-electron chi connectivity index (χ0n) is 13.8. The van der Waals surface area contributed by atoms with Gasteiger partial charge in [0.1, 0.15) is 17.2 Å². The van der Waals surface area contributed by atoms with Crippen LogP contribution in [0.3, 0.4) is 0 Å². The molecular formula is C15H21N7OS. The molecule has 2 aromatic heterocycles. The van der Waals surface area contributed by atoms with Gasteiger partial charge in [0.25, 0.3) is 0 Å². The van der Waals surface area contributed by atoms with Crippen LogP contribution < -0.4 is 10.6 Å². The number of likely N-dealkylation sites (tertiary alicyclic amines) is 1. The van der Waals surface area contributed by atoms with Crippen molar-refractivity contribution in [1.29, 1.82) is 0 Å². The van der Waals surface area contributed by atoms with E-state index in [1.165, 1.54) is 11.3 Å². The summed E-state index contributed by atoms with van der Waals surface area (Å²) in [6.45, 7) is 3.79. The highest BCUT2D eigenvalue weighted by Crippen LogP contribution is 2.26. The second kappa shape index (κ2) is 7.63. The van der Waals surface area contributed by atoms with Crippen molar-refractivity contribution < 1.29 is 4.79 Å². The maximum atomic E-state index is 12.1. The van der Waals surface area contributed by atoms with Crippen LogP contribution in [0.25, 0.3) is 0 Å². The Bertz CT molecular complexity index is 691. The summed E-state index contributed by atoms with van der Waals surface area (Å²) in [4.78, 5) is 23.2. The number of nitrogens with zero attached hydrogens (tertiary/aromatic N) is 5. The van der Waals surface area contributed by atoms with Gasteiger partial charge in [-0.1, -0.05) is 11.3 Å². The number of anilines is 2. The number of aryl methyl sites for hydroxylation is 1. The molecule has 24 heavy (non-hydrogen) atoms. The molecule has 0 spiro atoms. The van der Waals surface area contributed by atoms with E-state index in [1.807, 2.05) is 17.9 Å². The number of likely N-dealkylation sites (N-methyl/N-ethyl adjacent to an activating group) is 1. The molecule has 1 aliphatic rings. The summed E-state index contributed by atoms with van der Waals surface area (Å²) in [6.07, 6.45) is 1.96. The summed E-state index contributed by atoms with van der Waals surface area (Å²) >= 11 is 1.42. The van der Waals surface area contributed by atoms with Gasteiger partial charge in [-0.2, -0.15) is 0 Å². The Morgan fingerprint density at radius 1 is 1.46 bits per heavy atom. The first-order chi connectivity index (χ1) is 11.7. The summed E-state index contributed by atoms with van der Waals surface area (Å²) in [7, 11) is 1.79. The molecule has 1 saturated heterocycles. The van der Waals surface area contributed by atoms with Crippen molar-refractivity contribution in [1.82, 2.24) is 30.4 Å². The van der Waals surface area contributed by atoms with Gasteiger partial charge in [0.2, 0.25) is 11.0 Å². The predicted molar refractivity (Wildman–Crippen MR) is 92.4 cm³/mol. The highest BCUT2D eigenvalue weighted by Gasteiger charge is 2.26. The molecule has 8 nitrogen and oxygen atoms in total. The quantitative estimate of drug-likeness (QED) is 0.842. The summed E-state index contributed by atoms with van der Waals surface area (Å²) in [6, 6.07) is 1.89. The van der Waals surface area contributed by atoms with E-state index in [0.29, 0.717) is 24.0 Å². The number of carbonyl (C=O) groups excluding carboxylic acids is 1. The van der Waals surface area contributed by atoms with Gasteiger partial charge < -0.3 is 15.5 Å². The van der Waals surface area contributed by atoms with Crippen LogP contribution >= 0.6 is 11.3 Å². The molecule has 1 aliphatic heterocycles. The van der Waals surface area contributed by atoms with E-state index < -0.39 is 0 Å². The van der Waals surface area contributed by atoms with Crippen LogP contribution in [0.5, 0.6) is 0 Å². The molecular weight excluding hydrogens is 326 g/mol. The van der Waals surface area contributed by atoms with E-state index in [-0.39, 0.29) is 11.8 Å². The third kappa shape index (κ3) is 4.04. The molecule has 2 aromatic rings. The molecule has 3 heterocycles. The molecule has 0 aromatic carbocycles. The summed E-state index contributed by atoms with van der Waals surface area (Å²) < 4.78 is 0. The Kier molecular flexibility index (Phi) is 5.31. The van der Waals surface area contributed by atoms with Gasteiger partial charge in [-0.25, -0.2) is 9.97 Å². The number of hydrogen-bond donors (Lipinski definition) is 2. The fraction of sp³-hybridized carbons (Fsp3) is 0.533. The van der Waals surface area contributed by atoms with Crippen molar-refractivity contribution in [3.8, 4) is 0 Å². The minimum atomic E-state index is 0.127. The first kappa shape index (κ1) is 16.7. The first-order valence-corrected chi connectivity index (χ1v) is 8.85. The van der Waals surface area contributed by atoms with Crippen molar-refractivity contribution in [2.75, 3.05) is 32.0 Å². The molecule has 1 atom stereocenters. The second-order valence-corrected chi connectivity index (χ2v) is 6.66. The highest BCUT2D eigenvalue weighted by atomic mass is 32.1. The molecule has 1 fully saturated rings. The Morgan fingerprint density at radius 2 is 2.33 bits per heavy atom. The van der Waals surface area contributed by atoms with Crippen molar-refractivity contribution in [3.05, 3.63) is 23.1 Å². The minimum absolute atomic E-state index is 0.127. The monoisotopic (exact) mass is 347 g/mol. The molecule has 2 N–H and O–H groups in total. The molecule has 1 amide bonds. The zero-order valence-corrected chi connectivity index (χ0v) is 14.6. The largest absolute Gasteiger partial charge is 0.341 e. The molecule has 0 saturated carbocycles. The smallest absolute Gasteiger partial charge is 0.236 e. The Morgan fingerprint density at radius 3 is 3.08 bits per heavy atom. The number of carbonyl (C=O) groups is 1. The average Bonchev–Trinajstić information content (AvgIpc) is 3.07. The average molecular weight is 347 g/mol. The highest BCUT2D eigenvalue weighted by molar-refractivity contribution is 7.13. The van der Waals surface area contributed by atoms with E-state index >= 15 is 0 Å². The number of hydrogen-bond acceptors (Lipinski definition) is 8. The van der Waals surface area contributed by atoms with Crippen molar-refractivity contribution in [2.45, 2.75) is 25.7 Å². The van der Waals surface area contributed by atoms with Crippen molar-refractivity contribution in [3.63, 3.8) is 0 Å². The van der Waals surface area contributed by atoms with Crippen LogP contribution in [0.4, 0.5) is 10.9 Å². The SMILES string of the molecule is CNCC(=O)N1CCC[C@@H](c2nc(C)cc(Nc3nncs3)n2)C1. The number of piperidine rings is 1. The van der Waals surface area contributed by atoms with Gasteiger partial charge in [-0.15, -0.1) is 10.2 Å². The van der Waals surface area contributed by atoms with Crippen LogP contribution in [0.15, 0.2) is 11.6 Å². The zero-order chi connectivity index (χ0) is 16.9. The fourth-order valence-corrected chi connectivity index (χ4v) is 3.30. The third-order valence-electron chi connectivity index (χ3n) is 3.93. The summed E-state index contributed by atoms with van der Waals surface area (Å²) in [5.41, 5.74) is 2.56. The number of amides is 1. The third-order valence-corrected chi connectivity index (χ3v) is 4.54. The second-order valence-electron chi connectivity index (χ2n) is 5.83. The Balaban J connectivity index is 1.75. The lowest BCUT2D eigenvalue weighted by molar-refractivity contribution is -0.131. The lowest BCUT2D eigenvalue weighted by Crippen LogP contribution is -2.43. The molecule has 9 heteroatoms. The minimum Gasteiger partial charge on any atom is -0.341 e. The number of nitrogens with one attached hydrogen (secondary N) is 2. The van der Waals surface area contributed by atoms with Crippen molar-refractivity contribution in [2.24, 2.45) is 0 Å². The van der Waals surface area contributed by atoms with Crippen LogP contribution in [-0.2, 0) is 4.79 Å². The molecule has 3 rings (SSSR count). The van der Waals surface area contributed by atoms with Crippen LogP contribution in [0.2, 0.25) is 0 Å². The fourth-order valence-electron chi connectivity index (χ4n) is 2.85. The number of rotatable bonds is 5. The van der Waals surface area contributed by atoms with Crippen molar-refractivity contribution >= 4 is 28.2 Å². The molecule has 128 valence electrons. The van der Waals surface area contributed by atoms with Gasteiger partial charge in [0, 0.05) is 30.8 Å². The number of aromatic nitrogens is 4. The molecule has 0 radical (unpaired) electrons. The summed E-state index contributed by atoms with van der Waals surface area (Å²) in [5.74, 6) is 1.79. The Hall–Kier alpha value is -2.13.